The number of para-hydroxylation sites is 2. The number of pyridine rings is 1. The van der Waals surface area contributed by atoms with Gasteiger partial charge in [-0.2, -0.15) is 4.57 Å². The highest BCUT2D eigenvalue weighted by atomic mass is 19.1. The van der Waals surface area contributed by atoms with E-state index in [4.69, 9.17) is 0 Å². The molecule has 0 radical (unpaired) electrons. The second-order valence-electron chi connectivity index (χ2n) is 11.9. The van der Waals surface area contributed by atoms with Crippen molar-refractivity contribution in [3.8, 4) is 16.9 Å². The van der Waals surface area contributed by atoms with Gasteiger partial charge in [-0.05, 0) is 64.6 Å². The third-order valence-electron chi connectivity index (χ3n) is 8.47. The number of aromatic nitrogens is 2. The van der Waals surface area contributed by atoms with Crippen molar-refractivity contribution < 1.29 is 8.96 Å². The molecule has 196 valence electrons. The minimum Gasteiger partial charge on any atom is -0.306 e. The molecule has 0 aliphatic carbocycles. The Morgan fingerprint density at radius 2 is 1.35 bits per heavy atom. The zero-order chi connectivity index (χ0) is 27.8. The fraction of sp³-hybridized carbons (Fsp3) is 0.162. The quantitative estimate of drug-likeness (QED) is 0.200. The molecule has 7 aromatic rings. The van der Waals surface area contributed by atoms with E-state index in [0.717, 1.165) is 38.6 Å². The predicted octanol–water partition coefficient (Wildman–Crippen LogP) is 9.33. The van der Waals surface area contributed by atoms with Crippen LogP contribution in [-0.2, 0) is 12.5 Å². The van der Waals surface area contributed by atoms with Crippen LogP contribution in [-0.4, -0.2) is 4.57 Å². The van der Waals surface area contributed by atoms with Crippen molar-refractivity contribution in [3.05, 3.63) is 120 Å². The summed E-state index contributed by atoms with van der Waals surface area (Å²) in [6.45, 7) is 9.08. The molecule has 0 aliphatic rings. The Morgan fingerprint density at radius 3 is 2.12 bits per heavy atom. The highest BCUT2D eigenvalue weighted by Gasteiger charge is 2.25. The molecule has 0 amide bonds. The molecule has 2 aromatic heterocycles. The number of aryl methyl sites for hydroxylation is 2. The maximum atomic E-state index is 15.4. The van der Waals surface area contributed by atoms with Crippen LogP contribution in [0, 0.1) is 12.7 Å². The third kappa shape index (κ3) is 3.50. The monoisotopic (exact) mass is 523 g/mol. The number of nitrogens with zero attached hydrogens (tertiary/aromatic N) is 2. The van der Waals surface area contributed by atoms with E-state index in [2.05, 4.69) is 117 Å². The first kappa shape index (κ1) is 24.5. The number of fused-ring (bicyclic) bond motifs is 5. The average molecular weight is 524 g/mol. The highest BCUT2D eigenvalue weighted by Crippen LogP contribution is 2.39. The summed E-state index contributed by atoms with van der Waals surface area (Å²) in [6.07, 6.45) is 0. The fourth-order valence-electron chi connectivity index (χ4n) is 6.51. The first-order chi connectivity index (χ1) is 19.3. The van der Waals surface area contributed by atoms with Gasteiger partial charge in [-0.15, -0.1) is 0 Å². The molecule has 0 N–H and O–H groups in total. The molecular weight excluding hydrogens is 491 g/mol. The van der Waals surface area contributed by atoms with E-state index in [1.54, 1.807) is 12.1 Å². The first-order valence-corrected chi connectivity index (χ1v) is 13.9. The van der Waals surface area contributed by atoms with E-state index >= 15 is 4.39 Å². The SMILES string of the molecule is Cc1c(-c2ccc3c(-n4c5ccccc5c5cccc(F)c54)cccc3[n+]2C)cc(C(C)(C)C)c2ccccc12. The predicted molar refractivity (Wildman–Crippen MR) is 166 cm³/mol. The number of halogens is 1. The fourth-order valence-corrected chi connectivity index (χ4v) is 6.51. The van der Waals surface area contributed by atoms with Crippen LogP contribution in [0.15, 0.2) is 103 Å². The van der Waals surface area contributed by atoms with Gasteiger partial charge in [0.25, 0.3) is 0 Å². The molecule has 2 heterocycles. The minimum absolute atomic E-state index is 0.00521. The van der Waals surface area contributed by atoms with Crippen LogP contribution in [0.3, 0.4) is 0 Å². The summed E-state index contributed by atoms with van der Waals surface area (Å²) in [7, 11) is 2.14. The lowest BCUT2D eigenvalue weighted by molar-refractivity contribution is -0.633. The Balaban J connectivity index is 1.53. The van der Waals surface area contributed by atoms with Gasteiger partial charge in [0.2, 0.25) is 11.2 Å². The molecule has 0 bridgehead atoms. The summed E-state index contributed by atoms with van der Waals surface area (Å²) in [6, 6.07) is 35.4. The van der Waals surface area contributed by atoms with Crippen molar-refractivity contribution >= 4 is 43.5 Å². The van der Waals surface area contributed by atoms with E-state index in [1.807, 2.05) is 18.2 Å². The van der Waals surface area contributed by atoms with Crippen molar-refractivity contribution in [2.24, 2.45) is 7.05 Å². The highest BCUT2D eigenvalue weighted by molar-refractivity contribution is 6.10. The van der Waals surface area contributed by atoms with Crippen molar-refractivity contribution in [2.75, 3.05) is 0 Å². The summed E-state index contributed by atoms with van der Waals surface area (Å²) in [4.78, 5) is 0. The Labute approximate surface area is 233 Å². The zero-order valence-electron chi connectivity index (χ0n) is 23.6. The summed E-state index contributed by atoms with van der Waals surface area (Å²) in [5.41, 5.74) is 8.71. The average Bonchev–Trinajstić information content (AvgIpc) is 3.29. The third-order valence-corrected chi connectivity index (χ3v) is 8.47. The van der Waals surface area contributed by atoms with E-state index in [1.165, 1.54) is 27.5 Å². The number of hydrogen-bond donors (Lipinski definition) is 0. The Kier molecular flexibility index (Phi) is 5.37. The van der Waals surface area contributed by atoms with Gasteiger partial charge in [0, 0.05) is 28.5 Å². The van der Waals surface area contributed by atoms with Gasteiger partial charge in [-0.3, -0.25) is 0 Å². The van der Waals surface area contributed by atoms with Crippen LogP contribution in [0.25, 0.3) is 60.4 Å². The van der Waals surface area contributed by atoms with Crippen molar-refractivity contribution in [1.29, 1.82) is 0 Å². The standard InChI is InChI=1S/C37H32FN2/c1-23-24-12-6-7-13-25(24)30(37(2,3)4)22-29(23)33-21-20-28-32(39(33)5)18-11-19-35(28)40-34-17-9-8-14-26(34)27-15-10-16-31(38)36(27)40/h6-22H,1-5H3/q+1. The summed E-state index contributed by atoms with van der Waals surface area (Å²) >= 11 is 0. The molecule has 0 fully saturated rings. The van der Waals surface area contributed by atoms with Crippen molar-refractivity contribution in [2.45, 2.75) is 33.1 Å². The van der Waals surface area contributed by atoms with E-state index < -0.39 is 0 Å². The molecule has 0 atom stereocenters. The molecule has 0 unspecified atom stereocenters. The van der Waals surface area contributed by atoms with Gasteiger partial charge >= 0.3 is 0 Å². The molecule has 2 nitrogen and oxygen atoms in total. The molecule has 0 spiro atoms. The normalized spacial score (nSPS) is 12.2. The van der Waals surface area contributed by atoms with Crippen LogP contribution in [0.5, 0.6) is 0 Å². The Bertz CT molecular complexity index is 2130. The van der Waals surface area contributed by atoms with E-state index in [0.29, 0.717) is 5.52 Å². The first-order valence-electron chi connectivity index (χ1n) is 13.9. The van der Waals surface area contributed by atoms with Crippen molar-refractivity contribution in [1.82, 2.24) is 4.57 Å². The van der Waals surface area contributed by atoms with E-state index in [9.17, 15) is 0 Å². The van der Waals surface area contributed by atoms with Gasteiger partial charge in [-0.1, -0.05) is 81.4 Å². The molecular formula is C37H32FN2+. The molecule has 7 rings (SSSR count). The molecule has 0 aliphatic heterocycles. The summed E-state index contributed by atoms with van der Waals surface area (Å²) in [5.74, 6) is -0.215. The zero-order valence-corrected chi connectivity index (χ0v) is 23.6. The van der Waals surface area contributed by atoms with Crippen LogP contribution < -0.4 is 4.57 Å². The number of hydrogen-bond acceptors (Lipinski definition) is 0. The van der Waals surface area contributed by atoms with Gasteiger partial charge in [0.05, 0.1) is 22.1 Å². The summed E-state index contributed by atoms with van der Waals surface area (Å²) < 4.78 is 19.8. The number of benzene rings is 5. The lowest BCUT2D eigenvalue weighted by Crippen LogP contribution is -2.32. The Hall–Kier alpha value is -4.50. The lowest BCUT2D eigenvalue weighted by atomic mass is 9.80. The van der Waals surface area contributed by atoms with Gasteiger partial charge in [0.1, 0.15) is 12.9 Å². The molecule has 3 heteroatoms. The van der Waals surface area contributed by atoms with Gasteiger partial charge in [0.15, 0.2) is 0 Å². The second-order valence-corrected chi connectivity index (χ2v) is 11.9. The summed E-state index contributed by atoms with van der Waals surface area (Å²) in [5, 5.41) is 5.66. The van der Waals surface area contributed by atoms with Crippen LogP contribution in [0.1, 0.15) is 31.9 Å². The van der Waals surface area contributed by atoms with Crippen LogP contribution in [0.4, 0.5) is 4.39 Å². The smallest absolute Gasteiger partial charge is 0.214 e. The van der Waals surface area contributed by atoms with E-state index in [-0.39, 0.29) is 11.2 Å². The molecule has 40 heavy (non-hydrogen) atoms. The molecule has 0 saturated carbocycles. The van der Waals surface area contributed by atoms with Crippen molar-refractivity contribution in [3.63, 3.8) is 0 Å². The topological polar surface area (TPSA) is 8.81 Å². The van der Waals surface area contributed by atoms with Gasteiger partial charge < -0.3 is 4.57 Å². The maximum absolute atomic E-state index is 15.4. The molecule has 0 saturated heterocycles. The lowest BCUT2D eigenvalue weighted by Gasteiger charge is -2.24. The Morgan fingerprint density at radius 1 is 0.675 bits per heavy atom. The second kappa shape index (κ2) is 8.76. The minimum atomic E-state index is -0.215. The largest absolute Gasteiger partial charge is 0.306 e. The maximum Gasteiger partial charge on any atom is 0.214 e. The van der Waals surface area contributed by atoms with Crippen LogP contribution >= 0.6 is 0 Å². The number of rotatable bonds is 2. The van der Waals surface area contributed by atoms with Gasteiger partial charge in [-0.25, -0.2) is 4.39 Å². The van der Waals surface area contributed by atoms with Crippen LogP contribution in [0.2, 0.25) is 0 Å². The molecule has 5 aromatic carbocycles.